The van der Waals surface area contributed by atoms with Crippen LogP contribution in [-0.2, 0) is 24.3 Å². The van der Waals surface area contributed by atoms with Crippen LogP contribution in [0.25, 0.3) is 0 Å². The summed E-state index contributed by atoms with van der Waals surface area (Å²) in [5.74, 6) is -0.829. The molecule has 0 aromatic heterocycles. The zero-order valence-electron chi connectivity index (χ0n) is 16.2. The van der Waals surface area contributed by atoms with Crippen LogP contribution in [0.2, 0.25) is 0 Å². The largest absolute Gasteiger partial charge is 0.467 e. The molecule has 1 amide bonds. The number of amides is 1. The molecule has 0 radical (unpaired) electrons. The molecule has 1 N–H and O–H groups in total. The standard InChI is InChI=1S/C18H27N3O5S/c1-14-5-7-15(8-6-14)27(24,25)21-11-9-20(10-12-21)13-16(22)19-18(2,3)17(23)26-4/h5-8H,9-13H2,1-4H3,(H,19,22). The lowest BCUT2D eigenvalue weighted by Gasteiger charge is -2.34. The Labute approximate surface area is 160 Å². The molecule has 8 nitrogen and oxygen atoms in total. The molecule has 1 aliphatic heterocycles. The Balaban J connectivity index is 1.90. The first-order valence-corrected chi connectivity index (χ1v) is 10.2. The van der Waals surface area contributed by atoms with Crippen molar-refractivity contribution in [1.29, 1.82) is 0 Å². The monoisotopic (exact) mass is 397 g/mol. The number of rotatable bonds is 6. The summed E-state index contributed by atoms with van der Waals surface area (Å²) < 4.78 is 31.5. The van der Waals surface area contributed by atoms with Gasteiger partial charge in [0.15, 0.2) is 0 Å². The maximum atomic E-state index is 12.7. The summed E-state index contributed by atoms with van der Waals surface area (Å²) in [4.78, 5) is 26.0. The maximum Gasteiger partial charge on any atom is 0.330 e. The molecular formula is C18H27N3O5S. The van der Waals surface area contributed by atoms with Gasteiger partial charge in [0.05, 0.1) is 18.6 Å². The van der Waals surface area contributed by atoms with Gasteiger partial charge in [-0.3, -0.25) is 9.69 Å². The van der Waals surface area contributed by atoms with Crippen molar-refractivity contribution in [3.63, 3.8) is 0 Å². The molecular weight excluding hydrogens is 370 g/mol. The van der Waals surface area contributed by atoms with Crippen molar-refractivity contribution in [3.8, 4) is 0 Å². The first-order valence-electron chi connectivity index (χ1n) is 8.75. The molecule has 150 valence electrons. The molecule has 27 heavy (non-hydrogen) atoms. The fourth-order valence-electron chi connectivity index (χ4n) is 2.88. The Morgan fingerprint density at radius 2 is 1.67 bits per heavy atom. The quantitative estimate of drug-likeness (QED) is 0.697. The van der Waals surface area contributed by atoms with Gasteiger partial charge >= 0.3 is 5.97 Å². The predicted molar refractivity (Wildman–Crippen MR) is 101 cm³/mol. The number of methoxy groups -OCH3 is 1. The van der Waals surface area contributed by atoms with Gasteiger partial charge in [0.2, 0.25) is 15.9 Å². The number of esters is 1. The number of piperazine rings is 1. The lowest BCUT2D eigenvalue weighted by molar-refractivity contribution is -0.149. The third-order valence-corrected chi connectivity index (χ3v) is 6.42. The van der Waals surface area contributed by atoms with Gasteiger partial charge in [0.25, 0.3) is 0 Å². The van der Waals surface area contributed by atoms with Crippen molar-refractivity contribution in [2.75, 3.05) is 39.8 Å². The third-order valence-electron chi connectivity index (χ3n) is 4.50. The molecule has 0 atom stereocenters. The molecule has 2 rings (SSSR count). The van der Waals surface area contributed by atoms with Gasteiger partial charge in [0.1, 0.15) is 5.54 Å². The smallest absolute Gasteiger partial charge is 0.330 e. The highest BCUT2D eigenvalue weighted by molar-refractivity contribution is 7.89. The molecule has 0 spiro atoms. The second kappa shape index (κ2) is 8.37. The molecule has 1 aromatic rings. The van der Waals surface area contributed by atoms with Gasteiger partial charge in [-0.15, -0.1) is 0 Å². The van der Waals surface area contributed by atoms with E-state index in [0.717, 1.165) is 5.56 Å². The lowest BCUT2D eigenvalue weighted by Crippen LogP contribution is -2.55. The van der Waals surface area contributed by atoms with E-state index >= 15 is 0 Å². The van der Waals surface area contributed by atoms with Crippen LogP contribution in [-0.4, -0.2) is 74.9 Å². The zero-order chi connectivity index (χ0) is 20.2. The number of carbonyl (C=O) groups is 2. The first-order chi connectivity index (χ1) is 12.6. The van der Waals surface area contributed by atoms with Crippen molar-refractivity contribution >= 4 is 21.9 Å². The van der Waals surface area contributed by atoms with E-state index in [1.807, 2.05) is 11.8 Å². The van der Waals surface area contributed by atoms with E-state index in [1.54, 1.807) is 38.1 Å². The third kappa shape index (κ3) is 5.27. The Morgan fingerprint density at radius 3 is 2.19 bits per heavy atom. The van der Waals surface area contributed by atoms with Crippen LogP contribution < -0.4 is 5.32 Å². The SMILES string of the molecule is COC(=O)C(C)(C)NC(=O)CN1CCN(S(=O)(=O)c2ccc(C)cc2)CC1. The molecule has 1 fully saturated rings. The van der Waals surface area contributed by atoms with Gasteiger partial charge < -0.3 is 10.1 Å². The van der Waals surface area contributed by atoms with Crippen molar-refractivity contribution in [2.24, 2.45) is 0 Å². The second-order valence-electron chi connectivity index (χ2n) is 7.16. The highest BCUT2D eigenvalue weighted by Crippen LogP contribution is 2.18. The van der Waals surface area contributed by atoms with E-state index in [1.165, 1.54) is 11.4 Å². The molecule has 9 heteroatoms. The molecule has 1 aliphatic rings. The molecule has 1 heterocycles. The fraction of sp³-hybridized carbons (Fsp3) is 0.556. The van der Waals surface area contributed by atoms with Gasteiger partial charge in [0, 0.05) is 26.2 Å². The van der Waals surface area contributed by atoms with Crippen LogP contribution in [0.5, 0.6) is 0 Å². The molecule has 0 bridgehead atoms. The molecule has 1 aromatic carbocycles. The Hall–Kier alpha value is -1.97. The number of aryl methyl sites for hydroxylation is 1. The molecule has 0 aliphatic carbocycles. The van der Waals surface area contributed by atoms with Crippen molar-refractivity contribution in [1.82, 2.24) is 14.5 Å². The first kappa shape index (κ1) is 21.3. The van der Waals surface area contributed by atoms with Crippen LogP contribution in [0.4, 0.5) is 0 Å². The van der Waals surface area contributed by atoms with E-state index in [9.17, 15) is 18.0 Å². The van der Waals surface area contributed by atoms with E-state index in [0.29, 0.717) is 26.2 Å². The topological polar surface area (TPSA) is 96.0 Å². The number of nitrogens with zero attached hydrogens (tertiary/aromatic N) is 2. The summed E-state index contributed by atoms with van der Waals surface area (Å²) in [7, 11) is -2.26. The van der Waals surface area contributed by atoms with Crippen LogP contribution in [0.1, 0.15) is 19.4 Å². The minimum absolute atomic E-state index is 0.0961. The summed E-state index contributed by atoms with van der Waals surface area (Å²) >= 11 is 0. The molecule has 0 unspecified atom stereocenters. The van der Waals surface area contributed by atoms with Crippen molar-refractivity contribution < 1.29 is 22.7 Å². The Morgan fingerprint density at radius 1 is 1.11 bits per heavy atom. The zero-order valence-corrected chi connectivity index (χ0v) is 17.0. The van der Waals surface area contributed by atoms with E-state index < -0.39 is 21.5 Å². The van der Waals surface area contributed by atoms with Crippen LogP contribution in [0.3, 0.4) is 0 Å². The van der Waals surface area contributed by atoms with Crippen LogP contribution >= 0.6 is 0 Å². The number of carbonyl (C=O) groups excluding carboxylic acids is 2. The predicted octanol–water partition coefficient (Wildman–Crippen LogP) is 0.369. The summed E-state index contributed by atoms with van der Waals surface area (Å²) in [6, 6.07) is 6.77. The summed E-state index contributed by atoms with van der Waals surface area (Å²) in [6.07, 6.45) is 0. The van der Waals surface area contributed by atoms with Gasteiger partial charge in [-0.25, -0.2) is 13.2 Å². The normalized spacial score (nSPS) is 16.7. The minimum atomic E-state index is -3.53. The lowest BCUT2D eigenvalue weighted by atomic mass is 10.1. The fourth-order valence-corrected chi connectivity index (χ4v) is 4.31. The van der Waals surface area contributed by atoms with Crippen molar-refractivity contribution in [2.45, 2.75) is 31.2 Å². The second-order valence-corrected chi connectivity index (χ2v) is 9.10. The maximum absolute atomic E-state index is 12.7. The van der Waals surface area contributed by atoms with E-state index in [4.69, 9.17) is 0 Å². The van der Waals surface area contributed by atoms with Gasteiger partial charge in [-0.1, -0.05) is 17.7 Å². The molecule has 1 saturated heterocycles. The average molecular weight is 397 g/mol. The van der Waals surface area contributed by atoms with Crippen molar-refractivity contribution in [3.05, 3.63) is 29.8 Å². The van der Waals surface area contributed by atoms with Crippen LogP contribution in [0.15, 0.2) is 29.2 Å². The number of benzene rings is 1. The Kier molecular flexibility index (Phi) is 6.61. The number of nitrogens with one attached hydrogen (secondary N) is 1. The van der Waals surface area contributed by atoms with E-state index in [-0.39, 0.29) is 17.3 Å². The number of ether oxygens (including phenoxy) is 1. The summed E-state index contributed by atoms with van der Waals surface area (Å²) in [5.41, 5.74) is -0.109. The number of hydrogen-bond acceptors (Lipinski definition) is 6. The van der Waals surface area contributed by atoms with Gasteiger partial charge in [-0.05, 0) is 32.9 Å². The van der Waals surface area contributed by atoms with Crippen LogP contribution in [0, 0.1) is 6.92 Å². The van der Waals surface area contributed by atoms with Gasteiger partial charge in [-0.2, -0.15) is 4.31 Å². The summed E-state index contributed by atoms with van der Waals surface area (Å²) in [6.45, 7) is 6.65. The minimum Gasteiger partial charge on any atom is -0.467 e. The number of sulfonamides is 1. The average Bonchev–Trinajstić information content (AvgIpc) is 2.61. The highest BCUT2D eigenvalue weighted by Gasteiger charge is 2.32. The summed E-state index contributed by atoms with van der Waals surface area (Å²) in [5, 5.41) is 2.64. The number of hydrogen-bond donors (Lipinski definition) is 1. The highest BCUT2D eigenvalue weighted by atomic mass is 32.2. The Bertz CT molecular complexity index is 782. The van der Waals surface area contributed by atoms with E-state index in [2.05, 4.69) is 10.1 Å². The molecule has 0 saturated carbocycles.